The molecule has 3 aromatic rings. The number of non-ortho nitro benzene ring substituents is 1. The number of nitro groups is 1. The van der Waals surface area contributed by atoms with E-state index >= 15 is 0 Å². The number of aromatic nitrogens is 2. The highest BCUT2D eigenvalue weighted by Crippen LogP contribution is 2.23. The standard InChI is InChI=1S/C18H16N4O4S/c1-26-16-4-2-3-13(11-16)20-17(23)12-27-18-19-9-10-21(18)14-5-7-15(8-6-14)22(24)25/h2-11H,12H2,1H3,(H,20,23). The fourth-order valence-corrected chi connectivity index (χ4v) is 3.13. The van der Waals surface area contributed by atoms with Gasteiger partial charge in [-0.2, -0.15) is 0 Å². The van der Waals surface area contributed by atoms with E-state index in [9.17, 15) is 14.9 Å². The minimum Gasteiger partial charge on any atom is -0.497 e. The number of thioether (sulfide) groups is 1. The van der Waals surface area contributed by atoms with Crippen molar-refractivity contribution in [2.45, 2.75) is 5.16 Å². The Hall–Kier alpha value is -3.33. The van der Waals surface area contributed by atoms with Crippen LogP contribution in [0.4, 0.5) is 11.4 Å². The number of benzene rings is 2. The molecule has 0 saturated carbocycles. The average Bonchev–Trinajstić information content (AvgIpc) is 3.15. The van der Waals surface area contributed by atoms with Gasteiger partial charge in [0.15, 0.2) is 5.16 Å². The van der Waals surface area contributed by atoms with Crippen LogP contribution >= 0.6 is 11.8 Å². The monoisotopic (exact) mass is 384 g/mol. The largest absolute Gasteiger partial charge is 0.497 e. The average molecular weight is 384 g/mol. The van der Waals surface area contributed by atoms with E-state index in [0.717, 1.165) is 5.69 Å². The molecular formula is C18H16N4O4S. The van der Waals surface area contributed by atoms with Crippen LogP contribution in [0, 0.1) is 10.1 Å². The van der Waals surface area contributed by atoms with Crippen LogP contribution in [0.3, 0.4) is 0 Å². The van der Waals surface area contributed by atoms with Crippen LogP contribution in [-0.4, -0.2) is 33.2 Å². The number of hydrogen-bond acceptors (Lipinski definition) is 6. The number of amides is 1. The van der Waals surface area contributed by atoms with E-state index in [-0.39, 0.29) is 17.3 Å². The Labute approximate surface area is 159 Å². The summed E-state index contributed by atoms with van der Waals surface area (Å²) < 4.78 is 6.90. The second-order valence-electron chi connectivity index (χ2n) is 5.42. The molecule has 138 valence electrons. The van der Waals surface area contributed by atoms with Crippen molar-refractivity contribution in [1.82, 2.24) is 9.55 Å². The number of ether oxygens (including phenoxy) is 1. The molecule has 0 aliphatic rings. The topological polar surface area (TPSA) is 99.3 Å². The highest BCUT2D eigenvalue weighted by molar-refractivity contribution is 7.99. The van der Waals surface area contributed by atoms with Gasteiger partial charge in [0.2, 0.25) is 5.91 Å². The molecule has 0 aliphatic heterocycles. The van der Waals surface area contributed by atoms with Gasteiger partial charge in [0.05, 0.1) is 17.8 Å². The molecule has 27 heavy (non-hydrogen) atoms. The van der Waals surface area contributed by atoms with Crippen molar-refractivity contribution in [2.75, 3.05) is 18.2 Å². The maximum atomic E-state index is 12.2. The van der Waals surface area contributed by atoms with Crippen LogP contribution in [0.1, 0.15) is 0 Å². The van der Waals surface area contributed by atoms with Crippen molar-refractivity contribution in [2.24, 2.45) is 0 Å². The number of methoxy groups -OCH3 is 1. The lowest BCUT2D eigenvalue weighted by Gasteiger charge is -2.08. The first-order valence-electron chi connectivity index (χ1n) is 7.91. The molecule has 0 fully saturated rings. The van der Waals surface area contributed by atoms with E-state index in [0.29, 0.717) is 16.6 Å². The van der Waals surface area contributed by atoms with Gasteiger partial charge in [0, 0.05) is 42.0 Å². The number of hydrogen-bond donors (Lipinski definition) is 1. The SMILES string of the molecule is COc1cccc(NC(=O)CSc2nccn2-c2ccc([N+](=O)[O-])cc2)c1. The van der Waals surface area contributed by atoms with Crippen LogP contribution in [0.15, 0.2) is 66.1 Å². The van der Waals surface area contributed by atoms with Gasteiger partial charge in [-0.3, -0.25) is 19.5 Å². The minimum absolute atomic E-state index is 0.0192. The quantitative estimate of drug-likeness (QED) is 0.380. The molecule has 1 heterocycles. The summed E-state index contributed by atoms with van der Waals surface area (Å²) in [6.07, 6.45) is 3.35. The predicted molar refractivity (Wildman–Crippen MR) is 103 cm³/mol. The fourth-order valence-electron chi connectivity index (χ4n) is 2.36. The van der Waals surface area contributed by atoms with Gasteiger partial charge in [-0.15, -0.1) is 0 Å². The Kier molecular flexibility index (Phi) is 5.72. The number of carbonyl (C=O) groups is 1. The van der Waals surface area contributed by atoms with Gasteiger partial charge in [-0.05, 0) is 24.3 Å². The van der Waals surface area contributed by atoms with Gasteiger partial charge in [-0.25, -0.2) is 4.98 Å². The molecule has 0 saturated heterocycles. The molecule has 0 aliphatic carbocycles. The zero-order valence-corrected chi connectivity index (χ0v) is 15.2. The first kappa shape index (κ1) is 18.5. The molecular weight excluding hydrogens is 368 g/mol. The third-order valence-electron chi connectivity index (χ3n) is 3.63. The molecule has 0 radical (unpaired) electrons. The summed E-state index contributed by atoms with van der Waals surface area (Å²) in [7, 11) is 1.56. The summed E-state index contributed by atoms with van der Waals surface area (Å²) in [4.78, 5) is 26.8. The van der Waals surface area contributed by atoms with E-state index < -0.39 is 4.92 Å². The normalized spacial score (nSPS) is 10.4. The number of anilines is 1. The number of carbonyl (C=O) groups excluding carboxylic acids is 1. The van der Waals surface area contributed by atoms with Crippen LogP contribution in [-0.2, 0) is 4.79 Å². The van der Waals surface area contributed by atoms with Crippen molar-refractivity contribution in [3.8, 4) is 11.4 Å². The zero-order valence-electron chi connectivity index (χ0n) is 14.4. The van der Waals surface area contributed by atoms with E-state index in [1.54, 1.807) is 60.5 Å². The molecule has 1 aromatic heterocycles. The van der Waals surface area contributed by atoms with Crippen molar-refractivity contribution >= 4 is 29.0 Å². The minimum atomic E-state index is -0.448. The molecule has 1 N–H and O–H groups in total. The van der Waals surface area contributed by atoms with Crippen LogP contribution in [0.5, 0.6) is 5.75 Å². The van der Waals surface area contributed by atoms with Crippen molar-refractivity contribution in [3.63, 3.8) is 0 Å². The van der Waals surface area contributed by atoms with Crippen molar-refractivity contribution in [3.05, 3.63) is 71.0 Å². The molecule has 0 unspecified atom stereocenters. The zero-order chi connectivity index (χ0) is 19.2. The van der Waals surface area contributed by atoms with Gasteiger partial charge in [0.1, 0.15) is 5.75 Å². The Morgan fingerprint density at radius 1 is 1.30 bits per heavy atom. The van der Waals surface area contributed by atoms with Crippen LogP contribution in [0.2, 0.25) is 0 Å². The highest BCUT2D eigenvalue weighted by Gasteiger charge is 2.11. The van der Waals surface area contributed by atoms with Crippen LogP contribution < -0.4 is 10.1 Å². The second-order valence-corrected chi connectivity index (χ2v) is 6.36. The number of nitrogens with one attached hydrogen (secondary N) is 1. The molecule has 1 amide bonds. The van der Waals surface area contributed by atoms with Crippen molar-refractivity contribution < 1.29 is 14.5 Å². The molecule has 3 rings (SSSR count). The van der Waals surface area contributed by atoms with Crippen LogP contribution in [0.25, 0.3) is 5.69 Å². The summed E-state index contributed by atoms with van der Waals surface area (Å²) in [5.74, 6) is 0.655. The van der Waals surface area contributed by atoms with E-state index in [4.69, 9.17) is 4.74 Å². The van der Waals surface area contributed by atoms with Gasteiger partial charge in [-0.1, -0.05) is 17.8 Å². The van der Waals surface area contributed by atoms with Gasteiger partial charge >= 0.3 is 0 Å². The Bertz CT molecular complexity index is 956. The fraction of sp³-hybridized carbons (Fsp3) is 0.111. The summed E-state index contributed by atoms with van der Waals surface area (Å²) in [5.41, 5.74) is 1.40. The third kappa shape index (κ3) is 4.64. The summed E-state index contributed by atoms with van der Waals surface area (Å²) in [5, 5.41) is 14.2. The Morgan fingerprint density at radius 3 is 2.78 bits per heavy atom. The third-order valence-corrected chi connectivity index (χ3v) is 4.60. The summed E-state index contributed by atoms with van der Waals surface area (Å²) >= 11 is 1.27. The Morgan fingerprint density at radius 2 is 2.07 bits per heavy atom. The molecule has 0 atom stereocenters. The molecule has 2 aromatic carbocycles. The summed E-state index contributed by atoms with van der Waals surface area (Å²) in [6, 6.07) is 13.2. The predicted octanol–water partition coefficient (Wildman–Crippen LogP) is 3.52. The lowest BCUT2D eigenvalue weighted by Crippen LogP contribution is -2.14. The molecule has 9 heteroatoms. The first-order valence-corrected chi connectivity index (χ1v) is 8.90. The summed E-state index contributed by atoms with van der Waals surface area (Å²) in [6.45, 7) is 0. The molecule has 0 bridgehead atoms. The van der Waals surface area contributed by atoms with E-state index in [2.05, 4.69) is 10.3 Å². The lowest BCUT2D eigenvalue weighted by atomic mass is 10.3. The maximum Gasteiger partial charge on any atom is 0.269 e. The highest BCUT2D eigenvalue weighted by atomic mass is 32.2. The second kappa shape index (κ2) is 8.37. The maximum absolute atomic E-state index is 12.2. The molecule has 0 spiro atoms. The number of nitro benzene ring substituents is 1. The van der Waals surface area contributed by atoms with Crippen molar-refractivity contribution in [1.29, 1.82) is 0 Å². The van der Waals surface area contributed by atoms with E-state index in [1.165, 1.54) is 23.9 Å². The number of imidazole rings is 1. The van der Waals surface area contributed by atoms with Gasteiger partial charge in [0.25, 0.3) is 5.69 Å². The lowest BCUT2D eigenvalue weighted by molar-refractivity contribution is -0.384. The number of rotatable bonds is 7. The van der Waals surface area contributed by atoms with E-state index in [1.807, 2.05) is 0 Å². The van der Waals surface area contributed by atoms with Gasteiger partial charge < -0.3 is 10.1 Å². The first-order chi connectivity index (χ1) is 13.1. The Balaban J connectivity index is 1.64. The smallest absolute Gasteiger partial charge is 0.269 e. The molecule has 8 nitrogen and oxygen atoms in total. The number of nitrogens with zero attached hydrogens (tertiary/aromatic N) is 3.